The highest BCUT2D eigenvalue weighted by Gasteiger charge is 2.03. The zero-order valence-corrected chi connectivity index (χ0v) is 11.1. The lowest BCUT2D eigenvalue weighted by Crippen LogP contribution is -1.97. The second kappa shape index (κ2) is 5.96. The van der Waals surface area contributed by atoms with Gasteiger partial charge in [0.1, 0.15) is 24.0 Å². The number of benzene rings is 2. The van der Waals surface area contributed by atoms with Gasteiger partial charge in [-0.15, -0.1) is 0 Å². The first kappa shape index (κ1) is 13.0. The molecule has 94 valence electrons. The van der Waals surface area contributed by atoms with Gasteiger partial charge in [0, 0.05) is 11.4 Å². The molecule has 0 aliphatic rings. The van der Waals surface area contributed by atoms with Crippen molar-refractivity contribution in [3.8, 4) is 5.75 Å². The van der Waals surface area contributed by atoms with E-state index in [1.165, 1.54) is 18.2 Å². The lowest BCUT2D eigenvalue weighted by atomic mass is 10.2. The van der Waals surface area contributed by atoms with Crippen LogP contribution in [0.25, 0.3) is 0 Å². The van der Waals surface area contributed by atoms with Crippen LogP contribution in [0, 0.1) is 11.6 Å². The van der Waals surface area contributed by atoms with Crippen LogP contribution in [0.2, 0.25) is 0 Å². The largest absolute Gasteiger partial charge is 0.489 e. The topological polar surface area (TPSA) is 9.23 Å². The van der Waals surface area contributed by atoms with Crippen molar-refractivity contribution in [3.63, 3.8) is 0 Å². The molecule has 0 aromatic heterocycles. The van der Waals surface area contributed by atoms with Crippen LogP contribution in [-0.4, -0.2) is 0 Å². The van der Waals surface area contributed by atoms with E-state index in [-0.39, 0.29) is 18.2 Å². The van der Waals surface area contributed by atoms with Crippen LogP contribution < -0.4 is 4.74 Å². The highest BCUT2D eigenvalue weighted by Crippen LogP contribution is 2.19. The Bertz CT molecular complexity index is 543. The number of hydrogen-bond acceptors (Lipinski definition) is 1. The third-order valence-corrected chi connectivity index (χ3v) is 3.07. The predicted molar refractivity (Wildman–Crippen MR) is 69.8 cm³/mol. The molecule has 2 rings (SSSR count). The van der Waals surface area contributed by atoms with E-state index in [1.807, 2.05) is 0 Å². The molecular formula is C14H11BrF2O. The summed E-state index contributed by atoms with van der Waals surface area (Å²) >= 11 is 3.19. The molecule has 0 saturated carbocycles. The Balaban J connectivity index is 2.04. The first-order valence-electron chi connectivity index (χ1n) is 5.40. The molecule has 0 spiro atoms. The van der Waals surface area contributed by atoms with Gasteiger partial charge in [0.15, 0.2) is 0 Å². The van der Waals surface area contributed by atoms with E-state index < -0.39 is 0 Å². The van der Waals surface area contributed by atoms with Crippen molar-refractivity contribution in [1.29, 1.82) is 0 Å². The van der Waals surface area contributed by atoms with Crippen molar-refractivity contribution >= 4 is 15.9 Å². The third-order valence-electron chi connectivity index (χ3n) is 2.46. The summed E-state index contributed by atoms with van der Waals surface area (Å²) in [6.45, 7) is 0.213. The molecule has 0 N–H and O–H groups in total. The molecule has 0 aliphatic carbocycles. The smallest absolute Gasteiger partial charge is 0.130 e. The highest BCUT2D eigenvalue weighted by atomic mass is 79.9. The van der Waals surface area contributed by atoms with Crippen molar-refractivity contribution in [2.45, 2.75) is 11.9 Å². The number of hydrogen-bond donors (Lipinski definition) is 0. The maximum absolute atomic E-state index is 13.5. The Labute approximate surface area is 113 Å². The van der Waals surface area contributed by atoms with Gasteiger partial charge in [-0.25, -0.2) is 8.78 Å². The van der Waals surface area contributed by atoms with Crippen LogP contribution in [-0.2, 0) is 11.9 Å². The second-order valence-electron chi connectivity index (χ2n) is 3.81. The van der Waals surface area contributed by atoms with Crippen LogP contribution in [0.4, 0.5) is 8.78 Å². The monoisotopic (exact) mass is 312 g/mol. The van der Waals surface area contributed by atoms with E-state index in [1.54, 1.807) is 24.3 Å². The quantitative estimate of drug-likeness (QED) is 0.758. The van der Waals surface area contributed by atoms with Gasteiger partial charge >= 0.3 is 0 Å². The van der Waals surface area contributed by atoms with E-state index in [9.17, 15) is 8.78 Å². The average molecular weight is 313 g/mol. The molecule has 18 heavy (non-hydrogen) atoms. The fraction of sp³-hybridized carbons (Fsp3) is 0.143. The molecule has 0 atom stereocenters. The van der Waals surface area contributed by atoms with Crippen molar-refractivity contribution in [3.05, 3.63) is 65.2 Å². The highest BCUT2D eigenvalue weighted by molar-refractivity contribution is 9.08. The molecule has 0 saturated heterocycles. The second-order valence-corrected chi connectivity index (χ2v) is 4.37. The van der Waals surface area contributed by atoms with E-state index in [0.717, 1.165) is 0 Å². The zero-order chi connectivity index (χ0) is 13.0. The van der Waals surface area contributed by atoms with E-state index in [4.69, 9.17) is 4.74 Å². The van der Waals surface area contributed by atoms with Gasteiger partial charge in [0.2, 0.25) is 0 Å². The molecule has 1 nitrogen and oxygen atoms in total. The summed E-state index contributed by atoms with van der Waals surface area (Å²) in [5.41, 5.74) is 1.29. The maximum atomic E-state index is 13.5. The molecule has 2 aromatic rings. The minimum absolute atomic E-state index is 0.213. The molecule has 0 fully saturated rings. The van der Waals surface area contributed by atoms with Gasteiger partial charge in [-0.05, 0) is 29.3 Å². The molecular weight excluding hydrogens is 302 g/mol. The number of alkyl halides is 1. The molecule has 0 unspecified atom stereocenters. The summed E-state index contributed by atoms with van der Waals surface area (Å²) in [7, 11) is 0. The fourth-order valence-electron chi connectivity index (χ4n) is 1.52. The summed E-state index contributed by atoms with van der Waals surface area (Å²) in [4.78, 5) is 0. The summed E-state index contributed by atoms with van der Waals surface area (Å²) in [6, 6.07) is 10.8. The van der Waals surface area contributed by atoms with Crippen LogP contribution in [0.5, 0.6) is 5.75 Å². The van der Waals surface area contributed by atoms with Gasteiger partial charge in [-0.3, -0.25) is 0 Å². The van der Waals surface area contributed by atoms with E-state index >= 15 is 0 Å². The lowest BCUT2D eigenvalue weighted by Gasteiger charge is -2.07. The van der Waals surface area contributed by atoms with Gasteiger partial charge in [0.25, 0.3) is 0 Å². The van der Waals surface area contributed by atoms with Crippen LogP contribution in [0.3, 0.4) is 0 Å². The van der Waals surface area contributed by atoms with Crippen molar-refractivity contribution in [1.82, 2.24) is 0 Å². The van der Waals surface area contributed by atoms with Gasteiger partial charge < -0.3 is 4.74 Å². The lowest BCUT2D eigenvalue weighted by molar-refractivity contribution is 0.304. The minimum atomic E-state index is -0.316. The standard InChI is InChI=1S/C14H11BrF2O/c15-8-11-4-5-13(7-14(11)17)18-9-10-2-1-3-12(16)6-10/h1-7H,8-9H2. The third kappa shape index (κ3) is 3.29. The number of halogens is 3. The Hall–Kier alpha value is -1.42. The number of rotatable bonds is 4. The van der Waals surface area contributed by atoms with Crippen LogP contribution in [0.1, 0.15) is 11.1 Å². The van der Waals surface area contributed by atoms with Crippen LogP contribution in [0.15, 0.2) is 42.5 Å². The van der Waals surface area contributed by atoms with Gasteiger partial charge in [-0.2, -0.15) is 0 Å². The fourth-order valence-corrected chi connectivity index (χ4v) is 1.97. The maximum Gasteiger partial charge on any atom is 0.130 e. The average Bonchev–Trinajstić information content (AvgIpc) is 2.37. The Morgan fingerprint density at radius 3 is 2.56 bits per heavy atom. The summed E-state index contributed by atoms with van der Waals surface area (Å²) in [5, 5.41) is 0.461. The minimum Gasteiger partial charge on any atom is -0.489 e. The molecule has 0 amide bonds. The molecule has 0 aliphatic heterocycles. The summed E-state index contributed by atoms with van der Waals surface area (Å²) in [5.74, 6) is -0.193. The molecule has 0 radical (unpaired) electrons. The zero-order valence-electron chi connectivity index (χ0n) is 9.50. The van der Waals surface area contributed by atoms with E-state index in [2.05, 4.69) is 15.9 Å². The normalized spacial score (nSPS) is 10.4. The molecule has 0 bridgehead atoms. The molecule has 2 aromatic carbocycles. The summed E-state index contributed by atoms with van der Waals surface area (Å²) < 4.78 is 31.8. The van der Waals surface area contributed by atoms with Crippen molar-refractivity contribution < 1.29 is 13.5 Å². The first-order valence-corrected chi connectivity index (χ1v) is 6.53. The Morgan fingerprint density at radius 1 is 1.06 bits per heavy atom. The first-order chi connectivity index (χ1) is 8.69. The molecule has 4 heteroatoms. The van der Waals surface area contributed by atoms with Crippen molar-refractivity contribution in [2.75, 3.05) is 0 Å². The predicted octanol–water partition coefficient (Wildman–Crippen LogP) is 4.44. The van der Waals surface area contributed by atoms with Crippen LogP contribution >= 0.6 is 15.9 Å². The summed E-state index contributed by atoms with van der Waals surface area (Å²) in [6.07, 6.45) is 0. The van der Waals surface area contributed by atoms with Gasteiger partial charge in [-0.1, -0.05) is 34.1 Å². The Kier molecular flexibility index (Phi) is 4.31. The number of ether oxygens (including phenoxy) is 1. The van der Waals surface area contributed by atoms with Gasteiger partial charge in [0.05, 0.1) is 0 Å². The van der Waals surface area contributed by atoms with Crippen molar-refractivity contribution in [2.24, 2.45) is 0 Å². The van der Waals surface area contributed by atoms with E-state index in [0.29, 0.717) is 22.2 Å². The molecule has 0 heterocycles. The SMILES string of the molecule is Fc1cccc(COc2ccc(CBr)c(F)c2)c1. The Morgan fingerprint density at radius 2 is 1.89 bits per heavy atom.